The summed E-state index contributed by atoms with van der Waals surface area (Å²) in [6, 6.07) is -0.228. The van der Waals surface area contributed by atoms with Crippen molar-refractivity contribution in [2.45, 2.75) is 190 Å². The van der Waals surface area contributed by atoms with E-state index < -0.39 is 47.8 Å². The summed E-state index contributed by atoms with van der Waals surface area (Å²) in [7, 11) is 19.8. The SMILES string of the molecule is CC1CN(C)CCC1O.CN1CC(O)CC(O)C1.CN1CCC(C)(C(=O)O)C1.CN1CCC(C)(O)CC1.CN1CCC(O)C(F)C1.CN1CCC(O)C(O)C1.CN1CCC(O)CC1.CN1CCCC(C(=O)O)C1.CN1CCCC(O)C1.CN1CCCCC1C(=O)O. The topological polar surface area (TPSA) is 326 Å². The number of hydrogen-bond donors (Lipinski definition) is 12. The van der Waals surface area contributed by atoms with Gasteiger partial charge < -0.3 is 105 Å². The van der Waals surface area contributed by atoms with E-state index in [9.17, 15) is 29.0 Å². The minimum absolute atomic E-state index is 0.0220. The third kappa shape index (κ3) is 40.0. The van der Waals surface area contributed by atoms with E-state index >= 15 is 0 Å². The molecule has 91 heavy (non-hydrogen) atoms. The third-order valence-electron chi connectivity index (χ3n) is 18.7. The Bertz CT molecular complexity index is 1820. The van der Waals surface area contributed by atoms with Gasteiger partial charge in [-0.25, -0.2) is 4.39 Å². The van der Waals surface area contributed by atoms with Gasteiger partial charge in [0.25, 0.3) is 0 Å². The van der Waals surface area contributed by atoms with Gasteiger partial charge in [-0.2, -0.15) is 0 Å². The first-order chi connectivity index (χ1) is 42.4. The molecule has 0 radical (unpaired) electrons. The first-order valence-electron chi connectivity index (χ1n) is 33.8. The van der Waals surface area contributed by atoms with Crippen LogP contribution in [0.25, 0.3) is 0 Å². The van der Waals surface area contributed by atoms with Crippen LogP contribution in [0.4, 0.5) is 4.39 Å². The summed E-state index contributed by atoms with van der Waals surface area (Å²) in [6.07, 6.45) is 10.7. The largest absolute Gasteiger partial charge is 0.481 e. The molecule has 10 saturated heterocycles. The van der Waals surface area contributed by atoms with E-state index in [2.05, 4.69) is 52.6 Å². The van der Waals surface area contributed by atoms with E-state index in [0.29, 0.717) is 57.9 Å². The van der Waals surface area contributed by atoms with Gasteiger partial charge in [0.2, 0.25) is 0 Å². The fourth-order valence-corrected chi connectivity index (χ4v) is 12.1. The van der Waals surface area contributed by atoms with Gasteiger partial charge in [-0.15, -0.1) is 0 Å². The molecule has 0 amide bonds. The monoisotopic (exact) mass is 1310 g/mol. The molecule has 12 N–H and O–H groups in total. The number of aliphatic carboxylic acids is 3. The van der Waals surface area contributed by atoms with Gasteiger partial charge in [0.05, 0.1) is 65.8 Å². The molecule has 10 heterocycles. The van der Waals surface area contributed by atoms with Gasteiger partial charge in [-0.3, -0.25) is 19.3 Å². The molecule has 0 aromatic rings. The molecular formula is C65H133FN10O15. The Morgan fingerprint density at radius 2 is 0.857 bits per heavy atom. The Morgan fingerprint density at radius 1 is 0.396 bits per heavy atom. The maximum absolute atomic E-state index is 12.5. The van der Waals surface area contributed by atoms with Crippen molar-refractivity contribution in [3.63, 3.8) is 0 Å². The van der Waals surface area contributed by atoms with E-state index in [0.717, 1.165) is 175 Å². The number of aliphatic hydroxyl groups excluding tert-OH is 8. The number of hydrogen-bond acceptors (Lipinski definition) is 22. The molecule has 0 aliphatic carbocycles. The Morgan fingerprint density at radius 3 is 1.20 bits per heavy atom. The first-order valence-corrected chi connectivity index (χ1v) is 33.8. The minimum Gasteiger partial charge on any atom is -0.481 e. The average Bonchev–Trinajstić information content (AvgIpc) is 2.54. The minimum atomic E-state index is -1.04. The van der Waals surface area contributed by atoms with Crippen LogP contribution in [0.2, 0.25) is 0 Å². The molecule has 26 heteroatoms. The Kier molecular flexibility index (Phi) is 43.7. The van der Waals surface area contributed by atoms with Crippen LogP contribution in [0.5, 0.6) is 0 Å². The van der Waals surface area contributed by atoms with Crippen molar-refractivity contribution in [3.05, 3.63) is 0 Å². The standard InChI is InChI=1S/3C7H13NO2.2C7H15NO.C6H12FNO.2C6H13NO2.2C6H13NO/c1-7(6(9)10)3-4-8(2)5-7;1-8-4-2-3-6(5-8)7(9)10;1-8-5-3-2-4-6(8)7(9)10;1-7(9)3-5-8(2)6-4-7;1-6-5-8(2)4-3-7(6)9;1-8-3-2-6(9)5(7)4-8;1-7-3-5(8)2-6(9)4-7;1-7-3-2-5(8)6(9)4-7;1-7-4-2-6(8)3-5-7;1-7-4-2-3-6(8)5-7/h3-5H2,1-2H3,(H,9,10);2*6H,2-5H2,1H3,(H,9,10);9H,3-6H2,1-2H3;6-7,9H,3-5H2,1-2H3;5-6,9H,2-4H2,1H3;2*5-6,8-9H,2-4H2,1H3;2*6,8H,2-5H2,1H3. The molecule has 25 nitrogen and oxygen atoms in total. The maximum atomic E-state index is 12.5. The smallest absolute Gasteiger partial charge is 0.320 e. The van der Waals surface area contributed by atoms with E-state index in [4.69, 9.17) is 51.1 Å². The lowest BCUT2D eigenvalue weighted by molar-refractivity contribution is -0.147. The van der Waals surface area contributed by atoms with Crippen LogP contribution in [0.15, 0.2) is 0 Å². The summed E-state index contributed by atoms with van der Waals surface area (Å²) >= 11 is 0. The van der Waals surface area contributed by atoms with Crippen LogP contribution >= 0.6 is 0 Å². The normalized spacial score (nSPS) is 33.5. The molecule has 0 spiro atoms. The molecule has 10 aliphatic rings. The van der Waals surface area contributed by atoms with E-state index in [-0.39, 0.29) is 48.1 Å². The van der Waals surface area contributed by atoms with Crippen LogP contribution in [0, 0.1) is 17.3 Å². The first kappa shape index (κ1) is 86.6. The highest BCUT2D eigenvalue weighted by molar-refractivity contribution is 5.75. The van der Waals surface area contributed by atoms with Crippen molar-refractivity contribution in [3.8, 4) is 0 Å². The highest BCUT2D eigenvalue weighted by Crippen LogP contribution is 2.29. The second-order valence-electron chi connectivity index (χ2n) is 28.7. The number of halogens is 1. The molecule has 10 rings (SSSR count). The third-order valence-corrected chi connectivity index (χ3v) is 18.7. The van der Waals surface area contributed by atoms with Crippen LogP contribution < -0.4 is 0 Å². The second-order valence-corrected chi connectivity index (χ2v) is 28.7. The van der Waals surface area contributed by atoms with Gasteiger partial charge in [-0.1, -0.05) is 13.3 Å². The van der Waals surface area contributed by atoms with E-state index in [1.807, 2.05) is 80.8 Å². The molecule has 10 aliphatic heterocycles. The summed E-state index contributed by atoms with van der Waals surface area (Å²) in [5, 5.41) is 108. The number of piperidine rings is 9. The van der Waals surface area contributed by atoms with Gasteiger partial charge in [0.15, 0.2) is 0 Å². The summed E-state index contributed by atoms with van der Waals surface area (Å²) in [5.41, 5.74) is -0.874. The van der Waals surface area contributed by atoms with Crippen molar-refractivity contribution in [1.82, 2.24) is 49.0 Å². The Labute approximate surface area is 547 Å². The zero-order valence-electron chi connectivity index (χ0n) is 58.6. The summed E-state index contributed by atoms with van der Waals surface area (Å²) in [4.78, 5) is 52.4. The second kappa shape index (κ2) is 45.9. The summed E-state index contributed by atoms with van der Waals surface area (Å²) in [5.74, 6) is -1.66. The number of aliphatic hydroxyl groups is 9. The van der Waals surface area contributed by atoms with Gasteiger partial charge in [0, 0.05) is 105 Å². The van der Waals surface area contributed by atoms with Crippen LogP contribution in [-0.4, -0.2) is 390 Å². The maximum Gasteiger partial charge on any atom is 0.320 e. The fourth-order valence-electron chi connectivity index (χ4n) is 12.1. The Balaban J connectivity index is 0.000000506. The molecule has 0 saturated carbocycles. The predicted octanol–water partition coefficient (Wildman–Crippen LogP) is 0.417. The lowest BCUT2D eigenvalue weighted by atomic mass is 9.90. The van der Waals surface area contributed by atoms with Gasteiger partial charge in [-0.05, 0) is 206 Å². The number of carbonyl (C=O) groups is 3. The van der Waals surface area contributed by atoms with Crippen molar-refractivity contribution in [2.75, 3.05) is 195 Å². The highest BCUT2D eigenvalue weighted by Gasteiger charge is 2.39. The number of alkyl halides is 1. The molecule has 12 unspecified atom stereocenters. The van der Waals surface area contributed by atoms with Crippen molar-refractivity contribution in [1.29, 1.82) is 0 Å². The number of rotatable bonds is 3. The number of likely N-dealkylation sites (N-methyl/N-ethyl adjacent to an activating group) is 4. The average molecular weight is 1310 g/mol. The highest BCUT2D eigenvalue weighted by atomic mass is 19.1. The molecule has 10 fully saturated rings. The zero-order chi connectivity index (χ0) is 69.2. The lowest BCUT2D eigenvalue weighted by Gasteiger charge is -2.33. The Hall–Kier alpha value is -2.42. The molecule has 12 atom stereocenters. The van der Waals surface area contributed by atoms with Crippen molar-refractivity contribution < 1.29 is 80.1 Å². The predicted molar refractivity (Wildman–Crippen MR) is 355 cm³/mol. The molecule has 0 aromatic heterocycles. The number of carboxylic acid groups (broad SMARTS) is 3. The molecule has 0 bridgehead atoms. The van der Waals surface area contributed by atoms with Crippen molar-refractivity contribution >= 4 is 17.9 Å². The summed E-state index contributed by atoms with van der Waals surface area (Å²) < 4.78 is 12.5. The number of likely N-dealkylation sites (tertiary alicyclic amines) is 10. The van der Waals surface area contributed by atoms with Crippen LogP contribution in [-0.2, 0) is 14.4 Å². The van der Waals surface area contributed by atoms with Gasteiger partial charge in [0.1, 0.15) is 12.2 Å². The molecular weight excluding hydrogens is 1180 g/mol. The number of β-amino-alcohol motifs (C(OH)–C–C–N with tert-alkyl or cyclic N) is 4. The molecule has 0 aromatic carbocycles. The molecule has 540 valence electrons. The number of carboxylic acids is 3. The zero-order valence-corrected chi connectivity index (χ0v) is 58.6. The van der Waals surface area contributed by atoms with Crippen LogP contribution in [0.3, 0.4) is 0 Å². The fraction of sp³-hybridized carbons (Fsp3) is 0.954. The summed E-state index contributed by atoms with van der Waals surface area (Å²) in [6.45, 7) is 22.4. The quantitative estimate of drug-likeness (QED) is 0.182. The van der Waals surface area contributed by atoms with E-state index in [1.54, 1.807) is 6.92 Å². The van der Waals surface area contributed by atoms with Crippen molar-refractivity contribution in [2.24, 2.45) is 17.3 Å². The van der Waals surface area contributed by atoms with Crippen LogP contribution in [0.1, 0.15) is 124 Å². The number of nitrogens with zero attached hydrogens (tertiary/aromatic N) is 10. The van der Waals surface area contributed by atoms with E-state index in [1.165, 1.54) is 0 Å². The van der Waals surface area contributed by atoms with Gasteiger partial charge >= 0.3 is 17.9 Å². The lowest BCUT2D eigenvalue weighted by Crippen LogP contribution is -2.44.